The zero-order valence-electron chi connectivity index (χ0n) is 48.7. The molecule has 2 heterocycles. The summed E-state index contributed by atoms with van der Waals surface area (Å²) in [5.41, 5.74) is 2.70. The molecule has 19 nitrogen and oxygen atoms in total. The zero-order valence-corrected chi connectivity index (χ0v) is 50.2. The van der Waals surface area contributed by atoms with Gasteiger partial charge in [-0.2, -0.15) is 0 Å². The Bertz CT molecular complexity index is 2720. The van der Waals surface area contributed by atoms with E-state index in [9.17, 15) is 34.5 Å². The minimum Gasteiger partial charge on any atom is -0.871 e. The summed E-state index contributed by atoms with van der Waals surface area (Å²) in [6.07, 6.45) is -0.488. The van der Waals surface area contributed by atoms with Crippen LogP contribution in [0.15, 0.2) is 57.7 Å². The second kappa shape index (κ2) is 31.9. The molecule has 21 heteroatoms. The van der Waals surface area contributed by atoms with Crippen molar-refractivity contribution in [2.45, 2.75) is 25.7 Å². The summed E-state index contributed by atoms with van der Waals surface area (Å²) in [6.45, 7) is 4.75. The Labute approximate surface area is 476 Å². The van der Waals surface area contributed by atoms with E-state index in [4.69, 9.17) is 56.0 Å². The van der Waals surface area contributed by atoms with Crippen LogP contribution in [0.25, 0.3) is 33.4 Å². The molecule has 1 aliphatic carbocycles. The molecule has 0 aromatic heterocycles. The summed E-state index contributed by atoms with van der Waals surface area (Å²) < 4.78 is 44.5. The predicted molar refractivity (Wildman–Crippen MR) is 305 cm³/mol. The Morgan fingerprint density at radius 2 is 1.03 bits per heavy atom. The number of methoxy groups -OCH3 is 2. The molecule has 3 aromatic carbocycles. The van der Waals surface area contributed by atoms with Crippen molar-refractivity contribution < 1.29 is 76.0 Å². The number of ether oxygens (including phenoxy) is 6. The molecule has 0 radical (unpaired) electrons. The molecule has 0 saturated carbocycles. The number of quaternary nitrogens is 3. The molecule has 0 N–H and O–H groups in total. The van der Waals surface area contributed by atoms with E-state index >= 15 is 0 Å². The van der Waals surface area contributed by atoms with E-state index in [1.165, 1.54) is 19.2 Å². The number of carboxylic acid groups (broad SMARTS) is 2. The minimum atomic E-state index is -1.36. The number of fused-ring (bicyclic) bond motifs is 2. The smallest absolute Gasteiger partial charge is 0.204 e. The van der Waals surface area contributed by atoms with E-state index in [-0.39, 0.29) is 45.4 Å². The lowest BCUT2D eigenvalue weighted by Crippen LogP contribution is -2.33. The number of halogens is 2. The number of carboxylic acids is 2. The molecular formula is C58H83Cl2N5O14. The lowest BCUT2D eigenvalue weighted by atomic mass is 9.90. The lowest BCUT2D eigenvalue weighted by molar-refractivity contribution is -0.849. The van der Waals surface area contributed by atoms with Crippen LogP contribution >= 0.6 is 23.2 Å². The highest BCUT2D eigenvalue weighted by Gasteiger charge is 2.27. The van der Waals surface area contributed by atoms with Gasteiger partial charge in [0.15, 0.2) is 11.3 Å². The van der Waals surface area contributed by atoms with Crippen molar-refractivity contribution in [3.8, 4) is 39.7 Å². The van der Waals surface area contributed by atoms with Gasteiger partial charge in [-0.15, -0.1) is 0 Å². The van der Waals surface area contributed by atoms with Gasteiger partial charge >= 0.3 is 0 Å². The number of nitrogens with zero attached hydrogens (tertiary/aromatic N) is 5. The number of rotatable bonds is 12. The third-order valence-corrected chi connectivity index (χ3v) is 11.4. The summed E-state index contributed by atoms with van der Waals surface area (Å²) in [5.74, 6) is -2.46. The van der Waals surface area contributed by atoms with Gasteiger partial charge in [0.2, 0.25) is 5.43 Å². The number of benzene rings is 4. The summed E-state index contributed by atoms with van der Waals surface area (Å²) in [4.78, 5) is 51.6. The fraction of sp³-hybridized carbons (Fsp3) is 0.517. The van der Waals surface area contributed by atoms with Gasteiger partial charge in [-0.1, -0.05) is 40.6 Å². The number of anilines is 2. The van der Waals surface area contributed by atoms with Crippen molar-refractivity contribution in [3.05, 3.63) is 85.5 Å². The van der Waals surface area contributed by atoms with Crippen molar-refractivity contribution in [2.24, 2.45) is 0 Å². The first-order chi connectivity index (χ1) is 36.9. The van der Waals surface area contributed by atoms with E-state index in [1.807, 2.05) is 17.0 Å². The highest BCUT2D eigenvalue weighted by molar-refractivity contribution is 6.37. The standard InChI is InChI=1S/C46H50Cl2N2O14.3C4H12N/c1-58-36-23-28(27-51)3-7-34(36)49-11-15-60-19-21-62-17-13-50(14-18-63-22-20-61-16-12-49)35-8-4-29(26-37(35)59-2)40-32-24-30(5-9-38(52)53)43(56)41(47)45(32)64-46-33(40)25-31(6-10-39(54)55)44(57)42(46)48;3*1-5(2,3)4/h3-4,7-8,23-27,56H,5-6,9-22H2,1-2H3,(H,52,53)(H,54,55);3*1-4H3/q;3*+1/p-3. The Morgan fingerprint density at radius 3 is 1.44 bits per heavy atom. The van der Waals surface area contributed by atoms with Gasteiger partial charge in [0, 0.05) is 65.8 Å². The van der Waals surface area contributed by atoms with E-state index < -0.39 is 36.0 Å². The normalized spacial score (nSPS) is 14.5. The Kier molecular flexibility index (Phi) is 27.3. The average Bonchev–Trinajstić information content (AvgIpc) is 3.56. The molecule has 0 atom stereocenters. The molecule has 438 valence electrons. The van der Waals surface area contributed by atoms with Crippen molar-refractivity contribution in [1.29, 1.82) is 0 Å². The molecule has 0 unspecified atom stereocenters. The quantitative estimate of drug-likeness (QED) is 0.0956. The topological polar surface area (TPSA) is 212 Å². The number of hydrogen-bond acceptors (Lipinski definition) is 16. The van der Waals surface area contributed by atoms with Crippen LogP contribution in [0.3, 0.4) is 0 Å². The summed E-state index contributed by atoms with van der Waals surface area (Å²) >= 11 is 13.3. The minimum absolute atomic E-state index is 0.0870. The summed E-state index contributed by atoms with van der Waals surface area (Å²) in [7, 11) is 28.6. The number of aliphatic carboxylic acids is 2. The van der Waals surface area contributed by atoms with E-state index in [0.717, 1.165) is 25.4 Å². The number of aldehydes is 1. The fourth-order valence-electron chi connectivity index (χ4n) is 7.48. The molecule has 0 bridgehead atoms. The maximum atomic E-state index is 13.4. The molecule has 3 aliphatic rings. The Morgan fingerprint density at radius 1 is 0.608 bits per heavy atom. The SMILES string of the molecule is COc1cc(C=O)ccc1N1CCOCCOCCN(c2ccc(-c3c4cc(CCC(=O)[O-])c(=O)c(Cl)c-4oc4c(Cl)c([O-])c(CCC(=O)[O-])cc34)cc2OC)CCOCCOCC1.C[N+](C)(C)C.C[N+](C)(C)C.C[N+](C)(C)C. The second-order valence-corrected chi connectivity index (χ2v) is 23.5. The lowest BCUT2D eigenvalue weighted by Gasteiger charge is -2.28. The van der Waals surface area contributed by atoms with Gasteiger partial charge in [0.1, 0.15) is 22.8 Å². The van der Waals surface area contributed by atoms with Crippen molar-refractivity contribution in [2.75, 3.05) is 188 Å². The van der Waals surface area contributed by atoms with E-state index in [2.05, 4.69) is 89.5 Å². The maximum Gasteiger partial charge on any atom is 0.204 e. The molecule has 1 saturated heterocycles. The number of carbonyl (C=O) groups is 3. The highest BCUT2D eigenvalue weighted by atomic mass is 35.5. The molecule has 3 aromatic rings. The monoisotopic (exact) mass is 1140 g/mol. The molecule has 79 heavy (non-hydrogen) atoms. The highest BCUT2D eigenvalue weighted by Crippen LogP contribution is 2.48. The van der Waals surface area contributed by atoms with E-state index in [0.29, 0.717) is 124 Å². The average molecular weight is 1150 g/mol. The molecule has 6 rings (SSSR count). The maximum absolute atomic E-state index is 13.4. The van der Waals surface area contributed by atoms with Gasteiger partial charge in [-0.25, -0.2) is 0 Å². The van der Waals surface area contributed by atoms with Crippen LogP contribution < -0.4 is 40.0 Å². The molecular weight excluding hydrogens is 1060 g/mol. The van der Waals surface area contributed by atoms with Gasteiger partial charge in [0.25, 0.3) is 0 Å². The number of aryl methyl sites for hydroxylation is 2. The first-order valence-corrected chi connectivity index (χ1v) is 26.7. The van der Waals surface area contributed by atoms with E-state index in [1.54, 1.807) is 31.4 Å². The van der Waals surface area contributed by atoms with Gasteiger partial charge in [0.05, 0.1) is 168 Å². The van der Waals surface area contributed by atoms with Crippen molar-refractivity contribution in [1.82, 2.24) is 0 Å². The summed E-state index contributed by atoms with van der Waals surface area (Å²) in [5, 5.41) is 35.8. The molecule has 2 aliphatic heterocycles. The third-order valence-electron chi connectivity index (χ3n) is 10.7. The van der Waals surface area contributed by atoms with Crippen LogP contribution in [-0.2, 0) is 41.4 Å². The van der Waals surface area contributed by atoms with Crippen LogP contribution in [0.4, 0.5) is 11.4 Å². The van der Waals surface area contributed by atoms with Crippen LogP contribution in [0, 0.1) is 0 Å². The van der Waals surface area contributed by atoms with Crippen LogP contribution in [0.1, 0.15) is 34.3 Å². The van der Waals surface area contributed by atoms with Crippen LogP contribution in [0.2, 0.25) is 10.0 Å². The van der Waals surface area contributed by atoms with Crippen molar-refractivity contribution in [3.63, 3.8) is 0 Å². The number of hydrogen-bond donors (Lipinski definition) is 0. The Balaban J connectivity index is 0.000000964. The van der Waals surface area contributed by atoms with Gasteiger partial charge in [-0.3, -0.25) is 9.59 Å². The molecule has 1 fully saturated rings. The Hall–Kier alpha value is -5.74. The van der Waals surface area contributed by atoms with Crippen molar-refractivity contribution >= 4 is 63.8 Å². The number of carbonyl (C=O) groups excluding carboxylic acids is 3. The van der Waals surface area contributed by atoms with Gasteiger partial charge in [-0.05, 0) is 73.7 Å². The fourth-order valence-corrected chi connectivity index (χ4v) is 8.00. The van der Waals surface area contributed by atoms with Gasteiger partial charge < -0.3 is 81.0 Å². The largest absolute Gasteiger partial charge is 0.871 e. The molecule has 0 spiro atoms. The second-order valence-electron chi connectivity index (χ2n) is 22.7. The zero-order chi connectivity index (χ0) is 59.3. The first kappa shape index (κ1) is 67.5. The third kappa shape index (κ3) is 23.9. The first-order valence-electron chi connectivity index (χ1n) is 25.9. The van der Waals surface area contributed by atoms with Crippen LogP contribution in [0.5, 0.6) is 17.2 Å². The predicted octanol–water partition coefficient (Wildman–Crippen LogP) is 4.50. The van der Waals surface area contributed by atoms with Crippen LogP contribution in [-0.4, -0.2) is 209 Å². The summed E-state index contributed by atoms with van der Waals surface area (Å²) in [6, 6.07) is 13.7. The molecule has 0 amide bonds.